The van der Waals surface area contributed by atoms with Crippen LogP contribution in [-0.2, 0) is 11.3 Å². The minimum absolute atomic E-state index is 0.323. The number of amides is 1. The fourth-order valence-electron chi connectivity index (χ4n) is 2.07. The van der Waals surface area contributed by atoms with Crippen LogP contribution in [0.25, 0.3) is 10.4 Å². The van der Waals surface area contributed by atoms with Crippen molar-refractivity contribution in [2.45, 2.75) is 32.9 Å². The highest BCUT2D eigenvalue weighted by molar-refractivity contribution is 5.70. The van der Waals surface area contributed by atoms with E-state index in [1.165, 1.54) is 0 Å². The zero-order valence-corrected chi connectivity index (χ0v) is 12.5. The monoisotopic (exact) mass is 289 g/mol. The molecule has 1 aromatic rings. The minimum Gasteiger partial charge on any atom is -0.444 e. The van der Waals surface area contributed by atoms with E-state index in [1.807, 2.05) is 26.8 Å². The molecule has 1 aliphatic heterocycles. The van der Waals surface area contributed by atoms with Crippen LogP contribution in [0.2, 0.25) is 0 Å². The normalized spacial score (nSPS) is 14.3. The first kappa shape index (κ1) is 15.0. The van der Waals surface area contributed by atoms with Crippen molar-refractivity contribution in [1.29, 1.82) is 0 Å². The quantitative estimate of drug-likeness (QED) is 0.484. The second-order valence-corrected chi connectivity index (χ2v) is 5.86. The van der Waals surface area contributed by atoms with Crippen molar-refractivity contribution in [3.63, 3.8) is 0 Å². The van der Waals surface area contributed by atoms with Crippen molar-refractivity contribution < 1.29 is 9.53 Å². The average molecular weight is 289 g/mol. The van der Waals surface area contributed by atoms with Gasteiger partial charge in [0.15, 0.2) is 0 Å². The summed E-state index contributed by atoms with van der Waals surface area (Å²) >= 11 is 0. The Hall–Kier alpha value is -2.40. The third-order valence-electron chi connectivity index (χ3n) is 2.96. The molecule has 7 heteroatoms. The maximum atomic E-state index is 12.2. The van der Waals surface area contributed by atoms with Crippen LogP contribution in [0.5, 0.6) is 0 Å². The number of nitrogens with zero attached hydrogens (tertiary/aromatic N) is 4. The molecule has 1 amide bonds. The van der Waals surface area contributed by atoms with Gasteiger partial charge >= 0.3 is 6.09 Å². The maximum Gasteiger partial charge on any atom is 0.410 e. The summed E-state index contributed by atoms with van der Waals surface area (Å²) in [6.45, 7) is 7.18. The first-order valence-electron chi connectivity index (χ1n) is 6.79. The molecule has 0 saturated heterocycles. The fraction of sp³-hybridized carbons (Fsp3) is 0.500. The van der Waals surface area contributed by atoms with E-state index in [1.54, 1.807) is 17.0 Å². The average Bonchev–Trinajstić information content (AvgIpc) is 2.59. The Morgan fingerprint density at radius 2 is 2.24 bits per heavy atom. The van der Waals surface area contributed by atoms with Crippen LogP contribution < -0.4 is 5.32 Å². The van der Waals surface area contributed by atoms with Crippen molar-refractivity contribution in [2.75, 3.05) is 18.4 Å². The number of anilines is 1. The highest BCUT2D eigenvalue weighted by Gasteiger charge is 2.24. The van der Waals surface area contributed by atoms with Crippen LogP contribution in [-0.4, -0.2) is 29.7 Å². The number of hydrogen-bond acceptors (Lipinski definition) is 4. The number of azide groups is 1. The van der Waals surface area contributed by atoms with Gasteiger partial charge in [0.1, 0.15) is 5.60 Å². The molecular weight excluding hydrogens is 270 g/mol. The summed E-state index contributed by atoms with van der Waals surface area (Å²) in [4.78, 5) is 16.6. The molecule has 1 aromatic carbocycles. The Bertz CT molecular complexity index is 588. The summed E-state index contributed by atoms with van der Waals surface area (Å²) in [5, 5.41) is 6.82. The minimum atomic E-state index is -0.509. The topological polar surface area (TPSA) is 90.3 Å². The molecule has 0 aliphatic carbocycles. The van der Waals surface area contributed by atoms with Crippen molar-refractivity contribution in [3.8, 4) is 0 Å². The zero-order valence-electron chi connectivity index (χ0n) is 12.5. The number of hydrogen-bond donors (Lipinski definition) is 1. The SMILES string of the molecule is CC(C)(C)OC(=O)N1CCNc2cc(N=[N+]=[N-])ccc2C1. The molecular formula is C14H19N5O2. The standard InChI is InChI=1S/C14H19N5O2/c1-14(2,3)21-13(20)19-7-6-16-12-8-11(17-18-15)5-4-10(12)9-19/h4-5,8,16H,6-7,9H2,1-3H3. The van der Waals surface area contributed by atoms with Crippen LogP contribution in [0, 0.1) is 0 Å². The van der Waals surface area contributed by atoms with Crippen molar-refractivity contribution >= 4 is 17.5 Å². The lowest BCUT2D eigenvalue weighted by atomic mass is 10.1. The molecule has 0 unspecified atom stereocenters. The number of ether oxygens (including phenoxy) is 1. The van der Waals surface area contributed by atoms with Gasteiger partial charge in [0.2, 0.25) is 0 Å². The second kappa shape index (κ2) is 5.93. The van der Waals surface area contributed by atoms with Crippen LogP contribution in [0.3, 0.4) is 0 Å². The van der Waals surface area contributed by atoms with Gasteiger partial charge in [-0.05, 0) is 37.9 Å². The van der Waals surface area contributed by atoms with E-state index in [4.69, 9.17) is 10.3 Å². The summed E-state index contributed by atoms with van der Waals surface area (Å²) in [6, 6.07) is 5.38. The van der Waals surface area contributed by atoms with E-state index < -0.39 is 5.60 Å². The third kappa shape index (κ3) is 4.03. The largest absolute Gasteiger partial charge is 0.444 e. The number of nitrogens with one attached hydrogen (secondary N) is 1. The Labute approximate surface area is 123 Å². The summed E-state index contributed by atoms with van der Waals surface area (Å²) in [6.07, 6.45) is -0.323. The van der Waals surface area contributed by atoms with E-state index in [0.29, 0.717) is 25.3 Å². The van der Waals surface area contributed by atoms with Gasteiger partial charge in [-0.15, -0.1) is 0 Å². The first-order chi connectivity index (χ1) is 9.89. The Balaban J connectivity index is 2.17. The van der Waals surface area contributed by atoms with Crippen LogP contribution in [0.1, 0.15) is 26.3 Å². The lowest BCUT2D eigenvalue weighted by Gasteiger charge is -2.26. The predicted molar refractivity (Wildman–Crippen MR) is 80.4 cm³/mol. The smallest absolute Gasteiger partial charge is 0.410 e. The molecule has 0 fully saturated rings. The van der Waals surface area contributed by atoms with E-state index >= 15 is 0 Å². The lowest BCUT2D eigenvalue weighted by Crippen LogP contribution is -2.37. The molecule has 2 rings (SSSR count). The van der Waals surface area contributed by atoms with Gasteiger partial charge in [-0.3, -0.25) is 0 Å². The van der Waals surface area contributed by atoms with E-state index in [-0.39, 0.29) is 6.09 Å². The zero-order chi connectivity index (χ0) is 15.5. The predicted octanol–water partition coefficient (Wildman–Crippen LogP) is 3.79. The molecule has 112 valence electrons. The number of fused-ring (bicyclic) bond motifs is 1. The molecule has 7 nitrogen and oxygen atoms in total. The molecule has 21 heavy (non-hydrogen) atoms. The number of benzene rings is 1. The van der Waals surface area contributed by atoms with Gasteiger partial charge in [0.05, 0.1) is 6.54 Å². The molecule has 0 radical (unpaired) electrons. The number of rotatable bonds is 1. The van der Waals surface area contributed by atoms with E-state index in [9.17, 15) is 4.79 Å². The molecule has 1 N–H and O–H groups in total. The molecule has 0 spiro atoms. The Kier molecular flexibility index (Phi) is 4.23. The van der Waals surface area contributed by atoms with E-state index in [2.05, 4.69) is 15.3 Å². The second-order valence-electron chi connectivity index (χ2n) is 5.86. The van der Waals surface area contributed by atoms with Gasteiger partial charge < -0.3 is 15.0 Å². The van der Waals surface area contributed by atoms with Crippen molar-refractivity contribution in [2.24, 2.45) is 5.11 Å². The van der Waals surface area contributed by atoms with Crippen molar-refractivity contribution in [3.05, 3.63) is 34.2 Å². The first-order valence-corrected chi connectivity index (χ1v) is 6.79. The van der Waals surface area contributed by atoms with Gasteiger partial charge in [0.25, 0.3) is 0 Å². The number of carbonyl (C=O) groups is 1. The van der Waals surface area contributed by atoms with Gasteiger partial charge in [-0.2, -0.15) is 0 Å². The van der Waals surface area contributed by atoms with Gasteiger partial charge in [0, 0.05) is 29.4 Å². The van der Waals surface area contributed by atoms with Gasteiger partial charge in [-0.25, -0.2) is 4.79 Å². The Morgan fingerprint density at radius 1 is 1.48 bits per heavy atom. The molecule has 1 aliphatic rings. The molecule has 0 atom stereocenters. The molecule has 0 saturated carbocycles. The lowest BCUT2D eigenvalue weighted by molar-refractivity contribution is 0.0245. The summed E-state index contributed by atoms with van der Waals surface area (Å²) in [5.41, 5.74) is 10.4. The molecule has 0 aromatic heterocycles. The summed E-state index contributed by atoms with van der Waals surface area (Å²) < 4.78 is 5.40. The van der Waals surface area contributed by atoms with Crippen LogP contribution >= 0.6 is 0 Å². The fourth-order valence-corrected chi connectivity index (χ4v) is 2.07. The summed E-state index contributed by atoms with van der Waals surface area (Å²) in [7, 11) is 0. The third-order valence-corrected chi connectivity index (χ3v) is 2.96. The maximum absolute atomic E-state index is 12.2. The molecule has 0 bridgehead atoms. The number of carbonyl (C=O) groups excluding carboxylic acids is 1. The summed E-state index contributed by atoms with van der Waals surface area (Å²) in [5.74, 6) is 0. The molecule has 1 heterocycles. The van der Waals surface area contributed by atoms with E-state index in [0.717, 1.165) is 11.3 Å². The van der Waals surface area contributed by atoms with Crippen molar-refractivity contribution in [1.82, 2.24) is 4.90 Å². The Morgan fingerprint density at radius 3 is 2.90 bits per heavy atom. The van der Waals surface area contributed by atoms with Crippen LogP contribution in [0.4, 0.5) is 16.2 Å². The highest BCUT2D eigenvalue weighted by Crippen LogP contribution is 2.26. The highest BCUT2D eigenvalue weighted by atomic mass is 16.6. The van der Waals surface area contributed by atoms with Crippen LogP contribution in [0.15, 0.2) is 23.3 Å². The van der Waals surface area contributed by atoms with Gasteiger partial charge in [-0.1, -0.05) is 17.2 Å².